The van der Waals surface area contributed by atoms with Crippen molar-refractivity contribution in [3.63, 3.8) is 0 Å². The molecule has 0 aromatic carbocycles. The molecule has 2 aromatic heterocycles. The van der Waals surface area contributed by atoms with E-state index < -0.39 is 4.92 Å². The van der Waals surface area contributed by atoms with Gasteiger partial charge < -0.3 is 9.84 Å². The van der Waals surface area contributed by atoms with Crippen LogP contribution in [0.15, 0.2) is 16.8 Å². The van der Waals surface area contributed by atoms with Crippen LogP contribution >= 0.6 is 0 Å². The zero-order valence-corrected chi connectivity index (χ0v) is 11.3. The maximum absolute atomic E-state index is 10.9. The first-order valence-electron chi connectivity index (χ1n) is 6.20. The summed E-state index contributed by atoms with van der Waals surface area (Å²) in [6.07, 6.45) is 2.93. The molecule has 1 N–H and O–H groups in total. The average molecular weight is 277 g/mol. The van der Waals surface area contributed by atoms with Crippen molar-refractivity contribution in [2.24, 2.45) is 0 Å². The van der Waals surface area contributed by atoms with Crippen molar-refractivity contribution in [2.45, 2.75) is 26.7 Å². The predicted octanol–water partition coefficient (Wildman–Crippen LogP) is 2.03. The van der Waals surface area contributed by atoms with Crippen LogP contribution < -0.4 is 5.32 Å². The molecule has 0 atom stereocenters. The normalized spacial score (nSPS) is 10.5. The number of aryl methyl sites for hydroxylation is 3. The van der Waals surface area contributed by atoms with Crippen LogP contribution in [0, 0.1) is 24.0 Å². The highest BCUT2D eigenvalue weighted by Crippen LogP contribution is 2.22. The van der Waals surface area contributed by atoms with Gasteiger partial charge in [0, 0.05) is 25.2 Å². The van der Waals surface area contributed by atoms with Crippen molar-refractivity contribution in [1.29, 1.82) is 0 Å². The molecule has 0 aliphatic carbocycles. The third-order valence-electron chi connectivity index (χ3n) is 2.63. The monoisotopic (exact) mass is 277 g/mol. The maximum atomic E-state index is 10.9. The van der Waals surface area contributed by atoms with Gasteiger partial charge in [0.05, 0.1) is 4.92 Å². The molecule has 0 aliphatic rings. The van der Waals surface area contributed by atoms with Gasteiger partial charge in [-0.2, -0.15) is 4.98 Å². The lowest BCUT2D eigenvalue weighted by Gasteiger charge is -2.05. The van der Waals surface area contributed by atoms with Gasteiger partial charge in [-0.15, -0.1) is 0 Å². The van der Waals surface area contributed by atoms with Crippen molar-refractivity contribution in [3.8, 4) is 0 Å². The van der Waals surface area contributed by atoms with Crippen molar-refractivity contribution in [1.82, 2.24) is 15.1 Å². The van der Waals surface area contributed by atoms with Crippen LogP contribution in [0.1, 0.15) is 23.7 Å². The Morgan fingerprint density at radius 3 is 2.90 bits per heavy atom. The first-order chi connectivity index (χ1) is 9.56. The molecule has 8 heteroatoms. The summed E-state index contributed by atoms with van der Waals surface area (Å²) in [5.74, 6) is 1.45. The Hall–Kier alpha value is -2.51. The van der Waals surface area contributed by atoms with E-state index in [2.05, 4.69) is 20.4 Å². The van der Waals surface area contributed by atoms with Crippen LogP contribution in [0.25, 0.3) is 0 Å². The quantitative estimate of drug-likeness (QED) is 0.489. The minimum atomic E-state index is -0.441. The van der Waals surface area contributed by atoms with E-state index in [1.165, 1.54) is 6.07 Å². The van der Waals surface area contributed by atoms with Gasteiger partial charge in [0.2, 0.25) is 11.7 Å². The average Bonchev–Trinajstić information content (AvgIpc) is 2.81. The fraction of sp³-hybridized carbons (Fsp3) is 0.417. The Labute approximate surface area is 115 Å². The van der Waals surface area contributed by atoms with Gasteiger partial charge >= 0.3 is 5.69 Å². The number of nitrogens with zero attached hydrogens (tertiary/aromatic N) is 4. The number of aromatic nitrogens is 3. The molecule has 0 spiro atoms. The second kappa shape index (κ2) is 6.09. The van der Waals surface area contributed by atoms with E-state index in [0.29, 0.717) is 31.1 Å². The Kier molecular flexibility index (Phi) is 4.24. The van der Waals surface area contributed by atoms with Crippen LogP contribution in [0.2, 0.25) is 0 Å². The van der Waals surface area contributed by atoms with E-state index in [1.807, 2.05) is 0 Å². The molecule has 8 nitrogen and oxygen atoms in total. The summed E-state index contributed by atoms with van der Waals surface area (Å²) in [5.41, 5.74) is 0.738. The molecule has 0 saturated heterocycles. The van der Waals surface area contributed by atoms with Crippen molar-refractivity contribution >= 4 is 11.5 Å². The lowest BCUT2D eigenvalue weighted by atomic mass is 10.2. The summed E-state index contributed by atoms with van der Waals surface area (Å²) in [4.78, 5) is 18.6. The Morgan fingerprint density at radius 1 is 1.45 bits per heavy atom. The molecule has 20 heavy (non-hydrogen) atoms. The molecule has 0 saturated carbocycles. The third-order valence-corrected chi connectivity index (χ3v) is 2.63. The fourth-order valence-corrected chi connectivity index (χ4v) is 1.72. The van der Waals surface area contributed by atoms with Crippen molar-refractivity contribution in [2.75, 3.05) is 11.9 Å². The van der Waals surface area contributed by atoms with Gasteiger partial charge in [-0.1, -0.05) is 5.16 Å². The number of pyridine rings is 1. The predicted molar refractivity (Wildman–Crippen MR) is 71.5 cm³/mol. The van der Waals surface area contributed by atoms with E-state index in [4.69, 9.17) is 4.52 Å². The maximum Gasteiger partial charge on any atom is 0.311 e. The van der Waals surface area contributed by atoms with Gasteiger partial charge in [-0.3, -0.25) is 10.1 Å². The van der Waals surface area contributed by atoms with Gasteiger partial charge in [0.15, 0.2) is 5.82 Å². The molecule has 106 valence electrons. The van der Waals surface area contributed by atoms with Crippen molar-refractivity contribution in [3.05, 3.63) is 39.7 Å². The molecule has 0 aliphatic heterocycles. The second-order valence-electron chi connectivity index (χ2n) is 4.40. The van der Waals surface area contributed by atoms with E-state index in [1.54, 1.807) is 20.0 Å². The minimum absolute atomic E-state index is 0.0152. The molecule has 0 radical (unpaired) electrons. The molecule has 0 bridgehead atoms. The highest BCUT2D eigenvalue weighted by molar-refractivity contribution is 5.56. The summed E-state index contributed by atoms with van der Waals surface area (Å²) < 4.78 is 4.98. The highest BCUT2D eigenvalue weighted by Gasteiger charge is 2.14. The van der Waals surface area contributed by atoms with Crippen molar-refractivity contribution < 1.29 is 9.45 Å². The topological polar surface area (TPSA) is 107 Å². The van der Waals surface area contributed by atoms with Crippen LogP contribution in [-0.4, -0.2) is 26.6 Å². The first-order valence-corrected chi connectivity index (χ1v) is 6.20. The van der Waals surface area contributed by atoms with Gasteiger partial charge in [0.1, 0.15) is 0 Å². The van der Waals surface area contributed by atoms with Crippen LogP contribution in [0.5, 0.6) is 0 Å². The Bertz CT molecular complexity index is 611. The fourth-order valence-electron chi connectivity index (χ4n) is 1.72. The number of rotatable bonds is 6. The Balaban J connectivity index is 1.89. The summed E-state index contributed by atoms with van der Waals surface area (Å²) in [6, 6.07) is 1.50. The molecule has 2 aromatic rings. The molecule has 0 unspecified atom stereocenters. The lowest BCUT2D eigenvalue weighted by molar-refractivity contribution is -0.384. The smallest absolute Gasteiger partial charge is 0.311 e. The molecule has 2 rings (SSSR count). The van der Waals surface area contributed by atoms with Crippen LogP contribution in [0.3, 0.4) is 0 Å². The summed E-state index contributed by atoms with van der Waals surface area (Å²) in [7, 11) is 0. The SMILES string of the molecule is Cc1cnc(NCCCc2nc(C)no2)c([N+](=O)[O-])c1. The van der Waals surface area contributed by atoms with E-state index in [0.717, 1.165) is 5.56 Å². The molecule has 0 amide bonds. The Morgan fingerprint density at radius 2 is 2.25 bits per heavy atom. The largest absolute Gasteiger partial charge is 0.364 e. The lowest BCUT2D eigenvalue weighted by Crippen LogP contribution is -2.07. The molecule has 0 fully saturated rings. The van der Waals surface area contributed by atoms with Gasteiger partial charge in [-0.05, 0) is 25.8 Å². The number of nitrogens with one attached hydrogen (secondary N) is 1. The van der Waals surface area contributed by atoms with Gasteiger partial charge in [0.25, 0.3) is 0 Å². The zero-order chi connectivity index (χ0) is 14.5. The first kappa shape index (κ1) is 13.9. The zero-order valence-electron chi connectivity index (χ0n) is 11.3. The molecular weight excluding hydrogens is 262 g/mol. The number of hydrogen-bond acceptors (Lipinski definition) is 7. The number of hydrogen-bond donors (Lipinski definition) is 1. The number of nitro groups is 1. The summed E-state index contributed by atoms with van der Waals surface area (Å²) in [6.45, 7) is 4.06. The summed E-state index contributed by atoms with van der Waals surface area (Å²) >= 11 is 0. The van der Waals surface area contributed by atoms with Crippen LogP contribution in [0.4, 0.5) is 11.5 Å². The van der Waals surface area contributed by atoms with Gasteiger partial charge in [-0.25, -0.2) is 4.98 Å². The molecule has 2 heterocycles. The number of anilines is 1. The highest BCUT2D eigenvalue weighted by atomic mass is 16.6. The van der Waals surface area contributed by atoms with Crippen LogP contribution in [-0.2, 0) is 6.42 Å². The van der Waals surface area contributed by atoms with E-state index in [9.17, 15) is 10.1 Å². The molecular formula is C12H15N5O3. The third kappa shape index (κ3) is 3.50. The van der Waals surface area contributed by atoms with E-state index in [-0.39, 0.29) is 11.5 Å². The second-order valence-corrected chi connectivity index (χ2v) is 4.40. The standard InChI is InChI=1S/C12H15N5O3/c1-8-6-10(17(18)19)12(14-7-8)13-5-3-4-11-15-9(2)16-20-11/h6-7H,3-5H2,1-2H3,(H,13,14). The minimum Gasteiger partial charge on any atom is -0.364 e. The van der Waals surface area contributed by atoms with E-state index >= 15 is 0 Å². The summed E-state index contributed by atoms with van der Waals surface area (Å²) in [5, 5.41) is 17.6.